The smallest absolute Gasteiger partial charge is 0.414 e. The molecule has 0 aliphatic heterocycles. The predicted octanol–water partition coefficient (Wildman–Crippen LogP) is 4.05. The van der Waals surface area contributed by atoms with Crippen LogP contribution in [0.2, 0.25) is 0 Å². The molecule has 1 aromatic carbocycles. The molecule has 1 aromatic heterocycles. The van der Waals surface area contributed by atoms with Crippen LogP contribution in [-0.4, -0.2) is 24.5 Å². The van der Waals surface area contributed by atoms with E-state index in [1.807, 2.05) is 39.0 Å². The van der Waals surface area contributed by atoms with Crippen molar-refractivity contribution in [2.45, 2.75) is 41.0 Å². The van der Waals surface area contributed by atoms with Crippen LogP contribution in [0.4, 0.5) is 9.80 Å². The third kappa shape index (κ3) is 5.17. The summed E-state index contributed by atoms with van der Waals surface area (Å²) in [6.07, 6.45) is -0.598. The Morgan fingerprint density at radius 1 is 1.11 bits per heavy atom. The molecule has 0 spiro atoms. The number of nitrogens with one attached hydrogen (secondary N) is 2. The van der Waals surface area contributed by atoms with E-state index < -0.39 is 12.0 Å². The maximum absolute atomic E-state index is 12.5. The van der Waals surface area contributed by atoms with Crippen molar-refractivity contribution >= 4 is 34.2 Å². The molecule has 0 fully saturated rings. The average molecular weight is 388 g/mol. The highest BCUT2D eigenvalue weighted by Crippen LogP contribution is 2.32. The van der Waals surface area contributed by atoms with Crippen molar-refractivity contribution in [3.05, 3.63) is 50.9 Å². The number of hydrogen-bond donors (Lipinski definition) is 2. The summed E-state index contributed by atoms with van der Waals surface area (Å²) in [5, 5.41) is 5.43. The number of amides is 3. The number of thiophene rings is 1. The van der Waals surface area contributed by atoms with Gasteiger partial charge in [-0.15, -0.1) is 11.3 Å². The van der Waals surface area contributed by atoms with Crippen LogP contribution in [0.3, 0.4) is 0 Å². The monoisotopic (exact) mass is 388 g/mol. The van der Waals surface area contributed by atoms with E-state index in [1.165, 1.54) is 11.3 Å². The van der Waals surface area contributed by atoms with E-state index in [-0.39, 0.29) is 18.9 Å². The maximum Gasteiger partial charge on any atom is 0.414 e. The fraction of sp³-hybridized carbons (Fsp3) is 0.350. The van der Waals surface area contributed by atoms with Crippen LogP contribution in [0.25, 0.3) is 0 Å². The van der Waals surface area contributed by atoms with Gasteiger partial charge in [0.1, 0.15) is 5.00 Å². The number of anilines is 1. The van der Waals surface area contributed by atoms with Crippen LogP contribution in [0, 0.1) is 27.7 Å². The van der Waals surface area contributed by atoms with Gasteiger partial charge in [0.15, 0.2) is 0 Å². The van der Waals surface area contributed by atoms with Crippen molar-refractivity contribution in [2.24, 2.45) is 0 Å². The van der Waals surface area contributed by atoms with Gasteiger partial charge in [0.25, 0.3) is 5.91 Å². The molecule has 0 unspecified atom stereocenters. The van der Waals surface area contributed by atoms with E-state index in [2.05, 4.69) is 10.6 Å². The Morgan fingerprint density at radius 3 is 2.44 bits per heavy atom. The van der Waals surface area contributed by atoms with E-state index >= 15 is 0 Å². The molecule has 7 heteroatoms. The fourth-order valence-electron chi connectivity index (χ4n) is 2.70. The number of imide groups is 1. The molecule has 144 valence electrons. The van der Waals surface area contributed by atoms with Gasteiger partial charge in [-0.25, -0.2) is 4.79 Å². The van der Waals surface area contributed by atoms with Crippen LogP contribution in [0.1, 0.15) is 44.4 Å². The molecule has 1 heterocycles. The molecule has 2 aromatic rings. The van der Waals surface area contributed by atoms with Gasteiger partial charge in [-0.3, -0.25) is 14.9 Å². The fourth-order valence-corrected chi connectivity index (χ4v) is 3.77. The number of aryl methyl sites for hydroxylation is 3. The van der Waals surface area contributed by atoms with Gasteiger partial charge in [-0.05, 0) is 51.3 Å². The number of rotatable bonds is 5. The molecular weight excluding hydrogens is 364 g/mol. The van der Waals surface area contributed by atoms with Crippen molar-refractivity contribution in [2.75, 3.05) is 11.9 Å². The summed E-state index contributed by atoms with van der Waals surface area (Å²) < 4.78 is 4.75. The zero-order valence-corrected chi connectivity index (χ0v) is 17.0. The summed E-state index contributed by atoms with van der Waals surface area (Å²) >= 11 is 1.31. The normalized spacial score (nSPS) is 10.4. The molecule has 0 bridgehead atoms. The molecule has 3 amide bonds. The Balaban J connectivity index is 2.18. The highest BCUT2D eigenvalue weighted by Gasteiger charge is 2.23. The Morgan fingerprint density at radius 2 is 1.81 bits per heavy atom. The van der Waals surface area contributed by atoms with Gasteiger partial charge in [-0.2, -0.15) is 0 Å². The van der Waals surface area contributed by atoms with E-state index in [9.17, 15) is 14.4 Å². The summed E-state index contributed by atoms with van der Waals surface area (Å²) in [6.45, 7) is 9.44. The summed E-state index contributed by atoms with van der Waals surface area (Å²) in [7, 11) is 0. The minimum Gasteiger partial charge on any atom is -0.450 e. The zero-order valence-electron chi connectivity index (χ0n) is 16.2. The van der Waals surface area contributed by atoms with E-state index in [0.29, 0.717) is 10.6 Å². The van der Waals surface area contributed by atoms with Crippen molar-refractivity contribution in [3.8, 4) is 0 Å². The molecule has 2 N–H and O–H groups in total. The number of carbonyl (C=O) groups excluding carboxylic acids is 3. The molecular formula is C20H24N2O4S. The van der Waals surface area contributed by atoms with Crippen molar-refractivity contribution in [1.82, 2.24) is 5.32 Å². The van der Waals surface area contributed by atoms with Crippen LogP contribution in [-0.2, 0) is 16.0 Å². The second kappa shape index (κ2) is 8.81. The molecule has 0 radical (unpaired) electrons. The Hall–Kier alpha value is -2.67. The lowest BCUT2D eigenvalue weighted by atomic mass is 10.0. The lowest BCUT2D eigenvalue weighted by molar-refractivity contribution is -0.115. The molecule has 6 nitrogen and oxygen atoms in total. The summed E-state index contributed by atoms with van der Waals surface area (Å²) in [5.41, 5.74) is 4.13. The number of ether oxygens (including phenoxy) is 1. The van der Waals surface area contributed by atoms with Crippen molar-refractivity contribution in [3.63, 3.8) is 0 Å². The predicted molar refractivity (Wildman–Crippen MR) is 107 cm³/mol. The molecule has 0 saturated carbocycles. The third-order valence-corrected chi connectivity index (χ3v) is 5.33. The van der Waals surface area contributed by atoms with Gasteiger partial charge >= 0.3 is 6.09 Å². The zero-order chi connectivity index (χ0) is 20.1. The van der Waals surface area contributed by atoms with Crippen LogP contribution in [0.5, 0.6) is 0 Å². The van der Waals surface area contributed by atoms with Gasteiger partial charge in [0.05, 0.1) is 18.6 Å². The van der Waals surface area contributed by atoms with E-state index in [4.69, 9.17) is 4.74 Å². The average Bonchev–Trinajstić information content (AvgIpc) is 2.84. The lowest BCUT2D eigenvalue weighted by Gasteiger charge is -2.09. The first-order valence-electron chi connectivity index (χ1n) is 8.67. The van der Waals surface area contributed by atoms with Gasteiger partial charge < -0.3 is 10.1 Å². The van der Waals surface area contributed by atoms with Gasteiger partial charge in [-0.1, -0.05) is 23.8 Å². The molecule has 0 aliphatic rings. The van der Waals surface area contributed by atoms with E-state index in [1.54, 1.807) is 13.8 Å². The minimum atomic E-state index is -0.807. The summed E-state index contributed by atoms with van der Waals surface area (Å²) in [5.74, 6) is -0.800. The number of benzene rings is 1. The van der Waals surface area contributed by atoms with Crippen molar-refractivity contribution in [1.29, 1.82) is 0 Å². The first-order valence-corrected chi connectivity index (χ1v) is 9.48. The van der Waals surface area contributed by atoms with Gasteiger partial charge in [0.2, 0.25) is 5.91 Å². The molecule has 0 saturated heterocycles. The first kappa shape index (κ1) is 20.6. The van der Waals surface area contributed by atoms with Crippen LogP contribution < -0.4 is 10.6 Å². The minimum absolute atomic E-state index is 0.167. The standard InChI is InChI=1S/C20H24N2O4S/c1-6-26-20(25)22-18(24)17-13(4)14(5)27-19(17)21-16(23)10-15-8-7-11(2)9-12(15)3/h7-9H,6,10H2,1-5H3,(H,21,23)(H,22,24,25). The Kier molecular flexibility index (Phi) is 6.74. The summed E-state index contributed by atoms with van der Waals surface area (Å²) in [4.78, 5) is 37.4. The van der Waals surface area contributed by atoms with Gasteiger partial charge in [0, 0.05) is 4.88 Å². The van der Waals surface area contributed by atoms with Crippen LogP contribution >= 0.6 is 11.3 Å². The highest BCUT2D eigenvalue weighted by molar-refractivity contribution is 7.16. The molecule has 27 heavy (non-hydrogen) atoms. The molecule has 2 rings (SSSR count). The molecule has 0 aliphatic carbocycles. The SMILES string of the molecule is CCOC(=O)NC(=O)c1c(NC(=O)Cc2ccc(C)cc2C)sc(C)c1C. The second-order valence-corrected chi connectivity index (χ2v) is 7.54. The Labute approximate surface area is 162 Å². The quantitative estimate of drug-likeness (QED) is 0.809. The second-order valence-electron chi connectivity index (χ2n) is 6.32. The highest BCUT2D eigenvalue weighted by atomic mass is 32.1. The lowest BCUT2D eigenvalue weighted by Crippen LogP contribution is -2.32. The topological polar surface area (TPSA) is 84.5 Å². The largest absolute Gasteiger partial charge is 0.450 e. The van der Waals surface area contributed by atoms with E-state index in [0.717, 1.165) is 27.1 Å². The van der Waals surface area contributed by atoms with Crippen LogP contribution in [0.15, 0.2) is 18.2 Å². The Bertz CT molecular complexity index is 886. The number of hydrogen-bond acceptors (Lipinski definition) is 5. The first-order chi connectivity index (χ1) is 12.7. The number of alkyl carbamates (subject to hydrolysis) is 1. The summed E-state index contributed by atoms with van der Waals surface area (Å²) in [6, 6.07) is 5.93. The third-order valence-electron chi connectivity index (χ3n) is 4.21. The maximum atomic E-state index is 12.5. The molecule has 0 atom stereocenters. The number of carbonyl (C=O) groups is 3. The van der Waals surface area contributed by atoms with Crippen molar-refractivity contribution < 1.29 is 19.1 Å².